The number of hydrogen-bond donors (Lipinski definition) is 0. The van der Waals surface area contributed by atoms with Crippen molar-refractivity contribution in [3.8, 4) is 23.0 Å². The Labute approximate surface area is 266 Å². The van der Waals surface area contributed by atoms with E-state index < -0.39 is 0 Å². The number of allylic oxidation sites excluding steroid dienone is 1. The number of carbonyl (C=O) groups is 1. The predicted octanol–water partition coefficient (Wildman–Crippen LogP) is 12.6. The van der Waals surface area contributed by atoms with E-state index in [9.17, 15) is 4.79 Å². The van der Waals surface area contributed by atoms with Crippen molar-refractivity contribution in [3.05, 3.63) is 137 Å². The molecule has 0 fully saturated rings. The highest BCUT2D eigenvalue weighted by atomic mass is 16.5. The summed E-state index contributed by atoms with van der Waals surface area (Å²) >= 11 is 0. The van der Waals surface area contributed by atoms with Crippen LogP contribution in [-0.4, -0.2) is 6.29 Å². The summed E-state index contributed by atoms with van der Waals surface area (Å²) in [6, 6.07) is 27.7. The normalized spacial score (nSPS) is 9.77. The molecule has 3 nitrogen and oxygen atoms in total. The molecule has 0 N–H and O–H groups in total. The number of aryl methyl sites for hydroxylation is 1. The summed E-state index contributed by atoms with van der Waals surface area (Å²) < 4.78 is 12.1. The van der Waals surface area contributed by atoms with Gasteiger partial charge in [-0.05, 0) is 102 Å². The van der Waals surface area contributed by atoms with Crippen LogP contribution in [0.15, 0.2) is 104 Å². The molecule has 0 saturated heterocycles. The zero-order valence-electron chi connectivity index (χ0n) is 28.4. The molecule has 4 aromatic carbocycles. The molecule has 232 valence electrons. The van der Waals surface area contributed by atoms with Crippen LogP contribution in [-0.2, 0) is 5.41 Å². The molecule has 4 aromatic rings. The third kappa shape index (κ3) is 10.0. The number of ether oxygens (including phenoxy) is 2. The largest absolute Gasteiger partial charge is 0.457 e. The van der Waals surface area contributed by atoms with Gasteiger partial charge in [-0.1, -0.05) is 104 Å². The molecule has 0 spiro atoms. The predicted molar refractivity (Wildman–Crippen MR) is 191 cm³/mol. The van der Waals surface area contributed by atoms with E-state index >= 15 is 0 Å². The minimum absolute atomic E-state index is 0.222. The molecule has 0 aliphatic carbocycles. The Kier molecular flexibility index (Phi) is 16.0. The number of hydrogen-bond acceptors (Lipinski definition) is 3. The first kappa shape index (κ1) is 37.4. The van der Waals surface area contributed by atoms with E-state index in [-0.39, 0.29) is 5.41 Å². The Morgan fingerprint density at radius 1 is 0.682 bits per heavy atom. The molecule has 0 bridgehead atoms. The van der Waals surface area contributed by atoms with E-state index in [1.807, 2.05) is 103 Å². The average Bonchev–Trinajstić information content (AvgIpc) is 3.05. The molecule has 4 rings (SSSR count). The van der Waals surface area contributed by atoms with E-state index in [2.05, 4.69) is 63.9 Å². The van der Waals surface area contributed by atoms with E-state index in [4.69, 9.17) is 9.47 Å². The Hall–Kier alpha value is -4.59. The van der Waals surface area contributed by atoms with E-state index in [1.165, 1.54) is 5.56 Å². The second-order valence-corrected chi connectivity index (χ2v) is 9.89. The van der Waals surface area contributed by atoms with Gasteiger partial charge in [0.25, 0.3) is 0 Å². The second-order valence-electron chi connectivity index (χ2n) is 9.89. The van der Waals surface area contributed by atoms with Gasteiger partial charge in [0.1, 0.15) is 23.0 Å². The lowest BCUT2D eigenvalue weighted by atomic mass is 9.78. The van der Waals surface area contributed by atoms with Gasteiger partial charge in [0.2, 0.25) is 0 Å². The summed E-state index contributed by atoms with van der Waals surface area (Å²) in [7, 11) is 0. The lowest BCUT2D eigenvalue weighted by Crippen LogP contribution is -2.18. The molecule has 0 atom stereocenters. The molecule has 44 heavy (non-hydrogen) atoms. The van der Waals surface area contributed by atoms with Crippen molar-refractivity contribution in [3.63, 3.8) is 0 Å². The molecule has 3 heteroatoms. The third-order valence-electron chi connectivity index (χ3n) is 6.72. The highest BCUT2D eigenvalue weighted by Gasteiger charge is 2.23. The van der Waals surface area contributed by atoms with Crippen molar-refractivity contribution in [1.29, 1.82) is 0 Å². The quantitative estimate of drug-likeness (QED) is 0.144. The maximum Gasteiger partial charge on any atom is 0.150 e. The van der Waals surface area contributed by atoms with Crippen LogP contribution in [0.3, 0.4) is 0 Å². The van der Waals surface area contributed by atoms with Gasteiger partial charge < -0.3 is 9.47 Å². The molecule has 0 aliphatic heterocycles. The third-order valence-corrected chi connectivity index (χ3v) is 6.72. The highest BCUT2D eigenvalue weighted by Crippen LogP contribution is 2.35. The maximum atomic E-state index is 11.4. The van der Waals surface area contributed by atoms with Crippen LogP contribution in [0, 0.1) is 6.92 Å². The molecule has 0 saturated carbocycles. The molecule has 0 amide bonds. The van der Waals surface area contributed by atoms with Crippen LogP contribution >= 0.6 is 0 Å². The summed E-state index contributed by atoms with van der Waals surface area (Å²) in [5, 5.41) is 0. The summed E-state index contributed by atoms with van der Waals surface area (Å²) in [6.07, 6.45) is 2.48. The fraction of sp³-hybridized carbons (Fsp3) is 0.268. The molecule has 0 aromatic heterocycles. The standard InChI is InChI=1S/C35H32O3.3C2H6/c1-7-8-26-9-14-33(22-27(26)23-36)38-31-17-12-29(13-18-31)35(5,6)28-10-15-30(16-11-28)37-32-19-20-34(24(2)3)25(4)21-32;3*1-2/h8-23H,1-2H2,3-6H3;3*1-2H3. The van der Waals surface area contributed by atoms with Gasteiger partial charge in [-0.15, -0.1) is 5.73 Å². The first-order valence-electron chi connectivity index (χ1n) is 15.5. The number of rotatable bonds is 9. The smallest absolute Gasteiger partial charge is 0.150 e. The second kappa shape index (κ2) is 18.8. The van der Waals surface area contributed by atoms with Gasteiger partial charge in [0.15, 0.2) is 6.29 Å². The molecule has 0 heterocycles. The summed E-state index contributed by atoms with van der Waals surface area (Å²) in [4.78, 5) is 11.4. The Morgan fingerprint density at radius 2 is 1.11 bits per heavy atom. The van der Waals surface area contributed by atoms with Crippen molar-refractivity contribution in [2.24, 2.45) is 0 Å². The van der Waals surface area contributed by atoms with E-state index in [0.717, 1.165) is 45.6 Å². The maximum absolute atomic E-state index is 11.4. The fourth-order valence-electron chi connectivity index (χ4n) is 4.46. The van der Waals surface area contributed by atoms with Gasteiger partial charge in [-0.3, -0.25) is 4.79 Å². The highest BCUT2D eigenvalue weighted by molar-refractivity contribution is 5.82. The van der Waals surface area contributed by atoms with Crippen LogP contribution in [0.5, 0.6) is 23.0 Å². The minimum Gasteiger partial charge on any atom is -0.457 e. The molecular formula is C41H50O3. The zero-order chi connectivity index (χ0) is 33.3. The SMILES string of the molecule is C=C=Cc1ccc(Oc2ccc(C(C)(C)c3ccc(Oc4ccc(C(=C)C)c(C)c4)cc3)cc2)cc1C=O.CC.CC.CC. The lowest BCUT2D eigenvalue weighted by molar-refractivity contribution is 0.112. The van der Waals surface area contributed by atoms with Crippen molar-refractivity contribution in [1.82, 2.24) is 0 Å². The monoisotopic (exact) mass is 590 g/mol. The minimum atomic E-state index is -0.222. The van der Waals surface area contributed by atoms with Gasteiger partial charge >= 0.3 is 0 Å². The summed E-state index contributed by atoms with van der Waals surface area (Å²) in [6.45, 7) is 28.1. The first-order chi connectivity index (χ1) is 21.2. The summed E-state index contributed by atoms with van der Waals surface area (Å²) in [5.74, 6) is 2.90. The Balaban J connectivity index is 0.00000152. The van der Waals surface area contributed by atoms with Gasteiger partial charge in [-0.2, -0.15) is 0 Å². The van der Waals surface area contributed by atoms with Crippen LogP contribution < -0.4 is 9.47 Å². The average molecular weight is 591 g/mol. The zero-order valence-corrected chi connectivity index (χ0v) is 28.4. The van der Waals surface area contributed by atoms with E-state index in [0.29, 0.717) is 17.1 Å². The molecule has 0 unspecified atom stereocenters. The number of carbonyl (C=O) groups excluding carboxylic acids is 1. The van der Waals surface area contributed by atoms with E-state index in [1.54, 1.807) is 12.1 Å². The lowest BCUT2D eigenvalue weighted by Gasteiger charge is -2.26. The van der Waals surface area contributed by atoms with Crippen molar-refractivity contribution in [2.45, 2.75) is 74.7 Å². The molecular weight excluding hydrogens is 540 g/mol. The van der Waals surface area contributed by atoms with Crippen molar-refractivity contribution >= 4 is 17.9 Å². The topological polar surface area (TPSA) is 35.5 Å². The number of aldehydes is 1. The molecule has 0 aliphatic rings. The van der Waals surface area contributed by atoms with Crippen LogP contribution in [0.2, 0.25) is 0 Å². The Morgan fingerprint density at radius 3 is 1.52 bits per heavy atom. The summed E-state index contributed by atoms with van der Waals surface area (Å²) in [5.41, 5.74) is 9.43. The first-order valence-corrected chi connectivity index (χ1v) is 15.5. The van der Waals surface area contributed by atoms with Gasteiger partial charge in [0, 0.05) is 11.0 Å². The van der Waals surface area contributed by atoms with Gasteiger partial charge in [-0.25, -0.2) is 0 Å². The van der Waals surface area contributed by atoms with Gasteiger partial charge in [0.05, 0.1) is 0 Å². The van der Waals surface area contributed by atoms with Crippen LogP contribution in [0.4, 0.5) is 0 Å². The van der Waals surface area contributed by atoms with Crippen molar-refractivity contribution in [2.75, 3.05) is 0 Å². The Bertz CT molecular complexity index is 1520. The van der Waals surface area contributed by atoms with Crippen LogP contribution in [0.25, 0.3) is 11.6 Å². The molecule has 0 radical (unpaired) electrons. The fourth-order valence-corrected chi connectivity index (χ4v) is 4.46. The van der Waals surface area contributed by atoms with Crippen LogP contribution in [0.1, 0.15) is 100 Å². The number of benzene rings is 4. The van der Waals surface area contributed by atoms with Crippen molar-refractivity contribution < 1.29 is 14.3 Å².